The largest absolute Gasteiger partial charge is 0.339 e. The summed E-state index contributed by atoms with van der Waals surface area (Å²) in [6, 6.07) is 14.3. The molecule has 1 aliphatic rings. The zero-order chi connectivity index (χ0) is 16.9. The van der Waals surface area contributed by atoms with Crippen LogP contribution in [0, 0.1) is 6.92 Å². The minimum absolute atomic E-state index is 0.0289. The molecule has 124 valence electrons. The number of carbonyl (C=O) groups is 2. The molecular weight excluding hydrogens is 302 g/mol. The molecule has 0 aliphatic carbocycles. The van der Waals surface area contributed by atoms with Gasteiger partial charge >= 0.3 is 6.03 Å². The maximum atomic E-state index is 12.6. The Labute approximate surface area is 141 Å². The molecule has 0 bridgehead atoms. The van der Waals surface area contributed by atoms with Crippen LogP contribution >= 0.6 is 0 Å². The molecule has 0 atom stereocenters. The van der Waals surface area contributed by atoms with E-state index >= 15 is 0 Å². The Balaban J connectivity index is 1.71. The predicted octanol–water partition coefficient (Wildman–Crippen LogP) is 3.88. The summed E-state index contributed by atoms with van der Waals surface area (Å²) in [5, 5.41) is 5.56. The highest BCUT2D eigenvalue weighted by Gasteiger charge is 2.22. The number of aryl methyl sites for hydroxylation is 1. The molecule has 24 heavy (non-hydrogen) atoms. The maximum Gasteiger partial charge on any atom is 0.323 e. The average Bonchev–Trinajstić information content (AvgIpc) is 3.11. The van der Waals surface area contributed by atoms with Crippen molar-refractivity contribution in [3.05, 3.63) is 59.7 Å². The number of para-hydroxylation sites is 1. The van der Waals surface area contributed by atoms with Crippen LogP contribution in [-0.2, 0) is 0 Å². The first-order chi connectivity index (χ1) is 11.6. The van der Waals surface area contributed by atoms with Crippen LogP contribution in [0.1, 0.15) is 28.8 Å². The van der Waals surface area contributed by atoms with Crippen LogP contribution in [0.25, 0.3) is 0 Å². The van der Waals surface area contributed by atoms with Crippen molar-refractivity contribution in [2.75, 3.05) is 23.7 Å². The summed E-state index contributed by atoms with van der Waals surface area (Å²) in [5.41, 5.74) is 2.89. The molecule has 5 heteroatoms. The second-order valence-electron chi connectivity index (χ2n) is 5.99. The lowest BCUT2D eigenvalue weighted by molar-refractivity contribution is 0.0794. The quantitative estimate of drug-likeness (QED) is 0.900. The first-order valence-corrected chi connectivity index (χ1v) is 8.16. The number of hydrogen-bond acceptors (Lipinski definition) is 2. The molecule has 1 saturated heterocycles. The molecule has 0 spiro atoms. The van der Waals surface area contributed by atoms with Gasteiger partial charge in [-0.25, -0.2) is 4.79 Å². The second kappa shape index (κ2) is 7.17. The number of benzene rings is 2. The minimum atomic E-state index is -0.361. The number of anilines is 2. The Morgan fingerprint density at radius 3 is 2.29 bits per heavy atom. The fraction of sp³-hybridized carbons (Fsp3) is 0.263. The molecule has 2 aromatic rings. The van der Waals surface area contributed by atoms with Crippen LogP contribution in [0.15, 0.2) is 48.5 Å². The summed E-state index contributed by atoms with van der Waals surface area (Å²) in [5.74, 6) is -0.0289. The van der Waals surface area contributed by atoms with Crippen LogP contribution in [0.5, 0.6) is 0 Å². The van der Waals surface area contributed by atoms with Crippen LogP contribution < -0.4 is 10.6 Å². The van der Waals surface area contributed by atoms with Crippen molar-refractivity contribution in [3.8, 4) is 0 Å². The summed E-state index contributed by atoms with van der Waals surface area (Å²) < 4.78 is 0. The standard InChI is InChI=1S/C19H21N3O2/c1-14-8-10-15(11-9-14)20-19(24)21-17-7-3-2-6-16(17)18(23)22-12-4-5-13-22/h2-3,6-11H,4-5,12-13H2,1H3,(H2,20,21,24). The molecule has 3 rings (SSSR count). The van der Waals surface area contributed by atoms with E-state index in [1.807, 2.05) is 48.2 Å². The zero-order valence-electron chi connectivity index (χ0n) is 13.7. The van der Waals surface area contributed by atoms with Gasteiger partial charge in [0.25, 0.3) is 5.91 Å². The first kappa shape index (κ1) is 16.1. The SMILES string of the molecule is Cc1ccc(NC(=O)Nc2ccccc2C(=O)N2CCCC2)cc1. The summed E-state index contributed by atoms with van der Waals surface area (Å²) in [6.45, 7) is 3.55. The molecule has 1 heterocycles. The number of rotatable bonds is 3. The van der Waals surface area contributed by atoms with Gasteiger partial charge in [-0.3, -0.25) is 4.79 Å². The normalized spacial score (nSPS) is 13.6. The van der Waals surface area contributed by atoms with Gasteiger partial charge in [0.1, 0.15) is 0 Å². The predicted molar refractivity (Wildman–Crippen MR) is 95.4 cm³/mol. The van der Waals surface area contributed by atoms with E-state index in [0.717, 1.165) is 31.5 Å². The minimum Gasteiger partial charge on any atom is -0.339 e. The van der Waals surface area contributed by atoms with E-state index in [-0.39, 0.29) is 11.9 Å². The molecule has 5 nitrogen and oxygen atoms in total. The molecule has 2 N–H and O–H groups in total. The number of amides is 3. The highest BCUT2D eigenvalue weighted by atomic mass is 16.2. The topological polar surface area (TPSA) is 61.4 Å². The molecular formula is C19H21N3O2. The van der Waals surface area contributed by atoms with Crippen LogP contribution in [-0.4, -0.2) is 29.9 Å². The lowest BCUT2D eigenvalue weighted by atomic mass is 10.1. The Kier molecular flexibility index (Phi) is 4.79. The van der Waals surface area contributed by atoms with E-state index in [9.17, 15) is 9.59 Å². The third-order valence-corrected chi connectivity index (χ3v) is 4.11. The Morgan fingerprint density at radius 1 is 0.917 bits per heavy atom. The van der Waals surface area contributed by atoms with E-state index in [4.69, 9.17) is 0 Å². The lowest BCUT2D eigenvalue weighted by Crippen LogP contribution is -2.29. The van der Waals surface area contributed by atoms with E-state index in [1.165, 1.54) is 0 Å². The third kappa shape index (κ3) is 3.74. The van der Waals surface area contributed by atoms with Gasteiger partial charge in [0.2, 0.25) is 0 Å². The molecule has 3 amide bonds. The lowest BCUT2D eigenvalue weighted by Gasteiger charge is -2.18. The number of nitrogens with zero attached hydrogens (tertiary/aromatic N) is 1. The Bertz CT molecular complexity index is 735. The van der Waals surface area contributed by atoms with Crippen molar-refractivity contribution in [1.29, 1.82) is 0 Å². The monoisotopic (exact) mass is 323 g/mol. The van der Waals surface area contributed by atoms with Gasteiger partial charge in [0, 0.05) is 18.8 Å². The summed E-state index contributed by atoms with van der Waals surface area (Å²) in [4.78, 5) is 26.6. The Morgan fingerprint density at radius 2 is 1.58 bits per heavy atom. The van der Waals surface area contributed by atoms with Gasteiger partial charge in [-0.1, -0.05) is 29.8 Å². The van der Waals surface area contributed by atoms with Crippen molar-refractivity contribution < 1.29 is 9.59 Å². The fourth-order valence-electron chi connectivity index (χ4n) is 2.79. The second-order valence-corrected chi connectivity index (χ2v) is 5.99. The fourth-order valence-corrected chi connectivity index (χ4v) is 2.79. The molecule has 1 aliphatic heterocycles. The molecule has 0 unspecified atom stereocenters. The summed E-state index contributed by atoms with van der Waals surface area (Å²) in [6.07, 6.45) is 2.07. The number of nitrogens with one attached hydrogen (secondary N) is 2. The third-order valence-electron chi connectivity index (χ3n) is 4.11. The molecule has 2 aromatic carbocycles. The number of likely N-dealkylation sites (tertiary alicyclic amines) is 1. The van der Waals surface area contributed by atoms with Gasteiger partial charge in [0.15, 0.2) is 0 Å². The van der Waals surface area contributed by atoms with E-state index in [2.05, 4.69) is 10.6 Å². The van der Waals surface area contributed by atoms with Gasteiger partial charge in [0.05, 0.1) is 11.3 Å². The van der Waals surface area contributed by atoms with E-state index in [1.54, 1.807) is 12.1 Å². The summed E-state index contributed by atoms with van der Waals surface area (Å²) in [7, 11) is 0. The van der Waals surface area contributed by atoms with Crippen LogP contribution in [0.4, 0.5) is 16.2 Å². The first-order valence-electron chi connectivity index (χ1n) is 8.16. The summed E-state index contributed by atoms with van der Waals surface area (Å²) >= 11 is 0. The zero-order valence-corrected chi connectivity index (χ0v) is 13.7. The van der Waals surface area contributed by atoms with Gasteiger partial charge in [-0.15, -0.1) is 0 Å². The Hall–Kier alpha value is -2.82. The maximum absolute atomic E-state index is 12.6. The van der Waals surface area contributed by atoms with Crippen molar-refractivity contribution in [3.63, 3.8) is 0 Å². The van der Waals surface area contributed by atoms with Gasteiger partial charge in [-0.05, 0) is 44.0 Å². The highest BCUT2D eigenvalue weighted by molar-refractivity contribution is 6.06. The van der Waals surface area contributed by atoms with Gasteiger partial charge < -0.3 is 15.5 Å². The molecule has 0 aromatic heterocycles. The number of carbonyl (C=O) groups excluding carboxylic acids is 2. The molecule has 0 saturated carbocycles. The number of hydrogen-bond donors (Lipinski definition) is 2. The van der Waals surface area contributed by atoms with E-state index in [0.29, 0.717) is 16.9 Å². The van der Waals surface area contributed by atoms with E-state index < -0.39 is 0 Å². The van der Waals surface area contributed by atoms with Crippen LogP contribution in [0.2, 0.25) is 0 Å². The molecule has 0 radical (unpaired) electrons. The smallest absolute Gasteiger partial charge is 0.323 e. The average molecular weight is 323 g/mol. The highest BCUT2D eigenvalue weighted by Crippen LogP contribution is 2.20. The van der Waals surface area contributed by atoms with Crippen molar-refractivity contribution in [1.82, 2.24) is 4.90 Å². The number of urea groups is 1. The van der Waals surface area contributed by atoms with Crippen molar-refractivity contribution in [2.24, 2.45) is 0 Å². The van der Waals surface area contributed by atoms with Crippen molar-refractivity contribution in [2.45, 2.75) is 19.8 Å². The molecule has 1 fully saturated rings. The van der Waals surface area contributed by atoms with Gasteiger partial charge in [-0.2, -0.15) is 0 Å². The van der Waals surface area contributed by atoms with Crippen LogP contribution in [0.3, 0.4) is 0 Å². The van der Waals surface area contributed by atoms with Crippen molar-refractivity contribution >= 4 is 23.3 Å².